The zero-order chi connectivity index (χ0) is 21.6. The van der Waals surface area contributed by atoms with Crippen LogP contribution in [0.2, 0.25) is 0 Å². The minimum atomic E-state index is -3.32. The third-order valence-electron chi connectivity index (χ3n) is 6.50. The van der Waals surface area contributed by atoms with Crippen molar-refractivity contribution >= 4 is 21.6 Å². The van der Waals surface area contributed by atoms with E-state index in [-0.39, 0.29) is 10.8 Å². The second-order valence-corrected chi connectivity index (χ2v) is 10.9. The Morgan fingerprint density at radius 1 is 1.10 bits per heavy atom. The van der Waals surface area contributed by atoms with Gasteiger partial charge in [-0.1, -0.05) is 12.2 Å². The molecule has 5 rings (SSSR count). The first-order valence-corrected chi connectivity index (χ1v) is 12.6. The second-order valence-electron chi connectivity index (χ2n) is 8.67. The number of ether oxygens (including phenoxy) is 1. The van der Waals surface area contributed by atoms with Crippen LogP contribution in [0.5, 0.6) is 0 Å². The Bertz CT molecular complexity index is 1200. The van der Waals surface area contributed by atoms with Crippen molar-refractivity contribution in [2.75, 3.05) is 31.2 Å². The molecule has 2 aromatic rings. The summed E-state index contributed by atoms with van der Waals surface area (Å²) < 4.78 is 33.2. The van der Waals surface area contributed by atoms with E-state index in [2.05, 4.69) is 11.0 Å². The molecule has 1 aromatic heterocycles. The van der Waals surface area contributed by atoms with Crippen LogP contribution in [0.25, 0.3) is 17.2 Å². The number of aryl methyl sites for hydroxylation is 1. The predicted octanol–water partition coefficient (Wildman–Crippen LogP) is 3.17. The van der Waals surface area contributed by atoms with Crippen molar-refractivity contribution in [3.8, 4) is 11.1 Å². The highest BCUT2D eigenvalue weighted by atomic mass is 32.2. The Hall–Kier alpha value is -2.38. The van der Waals surface area contributed by atoms with Crippen molar-refractivity contribution in [1.29, 1.82) is 0 Å². The van der Waals surface area contributed by atoms with Crippen LogP contribution in [0.1, 0.15) is 36.8 Å². The van der Waals surface area contributed by atoms with Gasteiger partial charge >= 0.3 is 0 Å². The number of nitrogens with zero attached hydrogens (tertiary/aromatic N) is 2. The number of sulfone groups is 1. The van der Waals surface area contributed by atoms with Crippen molar-refractivity contribution in [2.24, 2.45) is 7.05 Å². The maximum absolute atomic E-state index is 13.0. The van der Waals surface area contributed by atoms with E-state index in [4.69, 9.17) is 4.74 Å². The van der Waals surface area contributed by atoms with Crippen LogP contribution in [-0.4, -0.2) is 44.5 Å². The highest BCUT2D eigenvalue weighted by molar-refractivity contribution is 7.92. The standard InChI is InChI=1S/C24H28N2O4S/c1-25-16-22(19-5-3-2-4-6-20(19)24(25)27)21-15-18(31(28,29)17-7-8-17)9-10-23(21)26-11-13-30-14-12-26/h3,5,9-10,15-17H,2,4,6-8,11-14H2,1H3. The van der Waals surface area contributed by atoms with Gasteiger partial charge in [-0.2, -0.15) is 0 Å². The quantitative estimate of drug-likeness (QED) is 0.731. The summed E-state index contributed by atoms with van der Waals surface area (Å²) in [4.78, 5) is 15.5. The molecule has 2 heterocycles. The number of morpholine rings is 1. The summed E-state index contributed by atoms with van der Waals surface area (Å²) in [6.07, 6.45) is 10.1. The molecule has 1 aromatic carbocycles. The van der Waals surface area contributed by atoms with E-state index in [0.717, 1.165) is 73.1 Å². The number of fused-ring (bicyclic) bond motifs is 1. The van der Waals surface area contributed by atoms with Crippen LogP contribution >= 0.6 is 0 Å². The zero-order valence-corrected chi connectivity index (χ0v) is 18.7. The molecule has 0 bridgehead atoms. The fraction of sp³-hybridized carbons (Fsp3) is 0.458. The van der Waals surface area contributed by atoms with Crippen LogP contribution in [0.4, 0.5) is 5.69 Å². The van der Waals surface area contributed by atoms with Gasteiger partial charge in [0.1, 0.15) is 0 Å². The SMILES string of the molecule is Cn1cc(-c2cc(S(=O)(=O)C3CC3)ccc2N2CCOCC2)c2c(c1=O)CCCC=C2. The Kier molecular flexibility index (Phi) is 5.26. The van der Waals surface area contributed by atoms with Crippen LogP contribution in [0.3, 0.4) is 0 Å². The van der Waals surface area contributed by atoms with Crippen LogP contribution in [0, 0.1) is 0 Å². The molecule has 0 atom stereocenters. The minimum Gasteiger partial charge on any atom is -0.378 e. The first-order chi connectivity index (χ1) is 15.0. The molecule has 1 saturated heterocycles. The summed E-state index contributed by atoms with van der Waals surface area (Å²) in [5, 5.41) is -0.258. The fourth-order valence-electron chi connectivity index (χ4n) is 4.62. The maximum Gasteiger partial charge on any atom is 0.254 e. The fourth-order valence-corrected chi connectivity index (χ4v) is 6.30. The van der Waals surface area contributed by atoms with Gasteiger partial charge in [0, 0.05) is 48.7 Å². The summed E-state index contributed by atoms with van der Waals surface area (Å²) >= 11 is 0. The van der Waals surface area contributed by atoms with E-state index < -0.39 is 9.84 Å². The molecular weight excluding hydrogens is 412 g/mol. The van der Waals surface area contributed by atoms with Crippen LogP contribution in [-0.2, 0) is 28.0 Å². The third-order valence-corrected chi connectivity index (χ3v) is 8.76. The molecule has 1 aliphatic heterocycles. The average molecular weight is 441 g/mol. The summed E-state index contributed by atoms with van der Waals surface area (Å²) in [5.41, 5.74) is 4.57. The Balaban J connectivity index is 1.75. The van der Waals surface area contributed by atoms with Crippen LogP contribution < -0.4 is 10.5 Å². The first-order valence-electron chi connectivity index (χ1n) is 11.1. The number of aromatic nitrogens is 1. The van der Waals surface area contributed by atoms with E-state index >= 15 is 0 Å². The summed E-state index contributed by atoms with van der Waals surface area (Å²) in [6.45, 7) is 2.80. The largest absolute Gasteiger partial charge is 0.378 e. The minimum absolute atomic E-state index is 0.0278. The number of benzene rings is 1. The lowest BCUT2D eigenvalue weighted by Crippen LogP contribution is -2.36. The predicted molar refractivity (Wildman–Crippen MR) is 122 cm³/mol. The highest BCUT2D eigenvalue weighted by Crippen LogP contribution is 2.40. The monoisotopic (exact) mass is 440 g/mol. The van der Waals surface area contributed by atoms with Gasteiger partial charge in [0.25, 0.3) is 5.56 Å². The lowest BCUT2D eigenvalue weighted by atomic mass is 9.94. The molecule has 164 valence electrons. The van der Waals surface area contributed by atoms with E-state index in [1.54, 1.807) is 17.7 Å². The lowest BCUT2D eigenvalue weighted by Gasteiger charge is -2.31. The zero-order valence-electron chi connectivity index (χ0n) is 17.8. The van der Waals surface area contributed by atoms with Gasteiger partial charge < -0.3 is 14.2 Å². The van der Waals surface area contributed by atoms with Gasteiger partial charge in [0.2, 0.25) is 0 Å². The molecule has 0 unspecified atom stereocenters. The Morgan fingerprint density at radius 3 is 2.61 bits per heavy atom. The summed E-state index contributed by atoms with van der Waals surface area (Å²) in [5.74, 6) is 0. The number of hydrogen-bond donors (Lipinski definition) is 0. The number of hydrogen-bond acceptors (Lipinski definition) is 5. The van der Waals surface area contributed by atoms with E-state index in [0.29, 0.717) is 18.1 Å². The number of anilines is 1. The van der Waals surface area contributed by atoms with Crippen molar-refractivity contribution in [3.63, 3.8) is 0 Å². The molecule has 0 radical (unpaired) electrons. The van der Waals surface area contributed by atoms with Gasteiger partial charge in [-0.15, -0.1) is 0 Å². The van der Waals surface area contributed by atoms with E-state index in [1.165, 1.54) is 0 Å². The van der Waals surface area contributed by atoms with Gasteiger partial charge in [-0.25, -0.2) is 8.42 Å². The van der Waals surface area contributed by atoms with Gasteiger partial charge in [0.15, 0.2) is 9.84 Å². The van der Waals surface area contributed by atoms with Gasteiger partial charge in [0.05, 0.1) is 23.4 Å². The molecule has 2 fully saturated rings. The number of pyridine rings is 1. The van der Waals surface area contributed by atoms with Gasteiger partial charge in [-0.3, -0.25) is 4.79 Å². The molecule has 3 aliphatic rings. The molecule has 6 nitrogen and oxygen atoms in total. The van der Waals surface area contributed by atoms with Crippen LogP contribution in [0.15, 0.2) is 40.2 Å². The van der Waals surface area contributed by atoms with Crippen molar-refractivity contribution in [3.05, 3.63) is 52.0 Å². The topological polar surface area (TPSA) is 68.6 Å². The van der Waals surface area contributed by atoms with E-state index in [1.807, 2.05) is 24.4 Å². The van der Waals surface area contributed by atoms with Crippen molar-refractivity contribution in [1.82, 2.24) is 4.57 Å². The number of rotatable bonds is 4. The smallest absolute Gasteiger partial charge is 0.254 e. The highest BCUT2D eigenvalue weighted by Gasteiger charge is 2.37. The summed E-state index contributed by atoms with van der Waals surface area (Å²) in [6, 6.07) is 5.52. The molecule has 7 heteroatoms. The molecule has 0 amide bonds. The third kappa shape index (κ3) is 3.74. The summed E-state index contributed by atoms with van der Waals surface area (Å²) in [7, 11) is -1.54. The first kappa shape index (κ1) is 20.5. The van der Waals surface area contributed by atoms with E-state index in [9.17, 15) is 13.2 Å². The average Bonchev–Trinajstić information content (AvgIpc) is 3.64. The van der Waals surface area contributed by atoms with Crippen molar-refractivity contribution in [2.45, 2.75) is 42.2 Å². The lowest BCUT2D eigenvalue weighted by molar-refractivity contribution is 0.123. The maximum atomic E-state index is 13.0. The molecule has 2 aliphatic carbocycles. The number of allylic oxidation sites excluding steroid dienone is 1. The Labute approximate surface area is 183 Å². The van der Waals surface area contributed by atoms with Gasteiger partial charge in [-0.05, 0) is 55.9 Å². The normalized spacial score (nSPS) is 19.2. The Morgan fingerprint density at radius 2 is 1.87 bits per heavy atom. The molecule has 31 heavy (non-hydrogen) atoms. The second kappa shape index (κ2) is 7.95. The molecule has 0 spiro atoms. The molecular formula is C24H28N2O4S. The molecule has 1 saturated carbocycles. The van der Waals surface area contributed by atoms with Crippen molar-refractivity contribution < 1.29 is 13.2 Å². The molecule has 0 N–H and O–H groups in total.